The fraction of sp³-hybridized carbons (Fsp3) is 0.480. The molecule has 0 aromatic heterocycles. The van der Waals surface area contributed by atoms with Gasteiger partial charge in [0.05, 0.1) is 6.10 Å². The van der Waals surface area contributed by atoms with Crippen molar-refractivity contribution in [1.82, 2.24) is 0 Å². The van der Waals surface area contributed by atoms with Gasteiger partial charge in [0.1, 0.15) is 5.78 Å². The minimum absolute atomic E-state index is 0.176. The number of Topliss-reactive ketones (excluding diaryl/α,β-unsaturated/α-hetero) is 1. The molecule has 3 nitrogen and oxygen atoms in total. The summed E-state index contributed by atoms with van der Waals surface area (Å²) in [5.74, 6) is 0.611. The van der Waals surface area contributed by atoms with Crippen molar-refractivity contribution in [2.75, 3.05) is 6.61 Å². The first kappa shape index (κ1) is 20.5. The Hall–Kier alpha value is -1.75. The highest BCUT2D eigenvalue weighted by Gasteiger charge is 2.54. The lowest BCUT2D eigenvalue weighted by Crippen LogP contribution is -2.61. The monoisotopic (exact) mass is 408 g/mol. The first-order valence-electron chi connectivity index (χ1n) is 11.0. The van der Waals surface area contributed by atoms with Crippen LogP contribution in [0.4, 0.5) is 0 Å². The van der Waals surface area contributed by atoms with Crippen molar-refractivity contribution in [3.05, 3.63) is 60.7 Å². The summed E-state index contributed by atoms with van der Waals surface area (Å²) in [4.78, 5) is 12.3. The van der Waals surface area contributed by atoms with Gasteiger partial charge in [-0.25, -0.2) is 0 Å². The number of hydrogen-bond donors (Lipinski definition) is 1. The molecule has 0 spiro atoms. The molecule has 3 atom stereocenters. The van der Waals surface area contributed by atoms with E-state index in [1.807, 2.05) is 0 Å². The van der Waals surface area contributed by atoms with Gasteiger partial charge in [-0.15, -0.1) is 0 Å². The van der Waals surface area contributed by atoms with Crippen molar-refractivity contribution in [2.24, 2.45) is 11.3 Å². The maximum Gasteiger partial charge on any atom is 0.255 e. The zero-order chi connectivity index (χ0) is 20.3. The van der Waals surface area contributed by atoms with E-state index in [9.17, 15) is 9.90 Å². The van der Waals surface area contributed by atoms with E-state index in [1.165, 1.54) is 10.4 Å². The number of aliphatic hydroxyl groups is 1. The minimum Gasteiger partial charge on any atom is -0.407 e. The number of hydrogen-bond acceptors (Lipinski definition) is 3. The summed E-state index contributed by atoms with van der Waals surface area (Å²) in [7, 11) is -2.44. The van der Waals surface area contributed by atoms with E-state index in [0.29, 0.717) is 31.7 Å². The van der Waals surface area contributed by atoms with Gasteiger partial charge < -0.3 is 9.53 Å². The second-order valence-electron chi connectivity index (χ2n) is 9.02. The maximum atomic E-state index is 12.3. The molecule has 1 N–H and O–H groups in total. The lowest BCUT2D eigenvalue weighted by atomic mass is 9.81. The zero-order valence-electron chi connectivity index (χ0n) is 17.3. The Morgan fingerprint density at radius 1 is 1.07 bits per heavy atom. The van der Waals surface area contributed by atoms with E-state index < -0.39 is 8.32 Å². The van der Waals surface area contributed by atoms with Crippen LogP contribution in [0.2, 0.25) is 6.04 Å². The van der Waals surface area contributed by atoms with E-state index in [1.54, 1.807) is 0 Å². The number of rotatable bonds is 8. The molecule has 2 saturated carbocycles. The molecule has 0 heterocycles. The molecule has 0 amide bonds. The van der Waals surface area contributed by atoms with Crippen LogP contribution in [-0.4, -0.2) is 31.9 Å². The van der Waals surface area contributed by atoms with Crippen molar-refractivity contribution in [3.8, 4) is 0 Å². The average Bonchev–Trinajstić information content (AvgIpc) is 3.20. The summed E-state index contributed by atoms with van der Waals surface area (Å²) in [5.41, 5.74) is -0.176. The highest BCUT2D eigenvalue weighted by molar-refractivity contribution is 6.97. The fourth-order valence-electron chi connectivity index (χ4n) is 5.58. The Morgan fingerprint density at radius 2 is 1.69 bits per heavy atom. The van der Waals surface area contributed by atoms with E-state index in [-0.39, 0.29) is 17.4 Å². The fourth-order valence-corrected chi connectivity index (χ4v) is 9.82. The van der Waals surface area contributed by atoms with Crippen LogP contribution >= 0.6 is 0 Å². The van der Waals surface area contributed by atoms with Crippen molar-refractivity contribution in [1.29, 1.82) is 0 Å². The molecule has 3 unspecified atom stereocenters. The first-order valence-corrected chi connectivity index (χ1v) is 13.1. The maximum absolute atomic E-state index is 12.3. The Kier molecular flexibility index (Phi) is 6.05. The van der Waals surface area contributed by atoms with Crippen LogP contribution in [-0.2, 0) is 9.22 Å². The molecule has 154 valence electrons. The number of carbonyl (C=O) groups is 1. The van der Waals surface area contributed by atoms with E-state index in [4.69, 9.17) is 4.43 Å². The third-order valence-electron chi connectivity index (χ3n) is 7.06. The second kappa shape index (κ2) is 8.55. The number of fused-ring (bicyclic) bond motifs is 1. The number of aliphatic hydroxyl groups excluding tert-OH is 1. The molecule has 0 radical (unpaired) electrons. The van der Waals surface area contributed by atoms with Crippen LogP contribution in [0.1, 0.15) is 45.4 Å². The summed E-state index contributed by atoms with van der Waals surface area (Å²) >= 11 is 0. The highest BCUT2D eigenvalue weighted by atomic mass is 28.4. The van der Waals surface area contributed by atoms with Crippen molar-refractivity contribution in [2.45, 2.75) is 57.6 Å². The molecule has 0 bridgehead atoms. The van der Waals surface area contributed by atoms with Crippen molar-refractivity contribution >= 4 is 24.5 Å². The van der Waals surface area contributed by atoms with Crippen LogP contribution < -0.4 is 10.4 Å². The standard InChI is InChI=1S/C25H32O3Si/c1-2-3-14-29(23-10-6-4-7-11-23,24-12-8-5-9-13-24)28-19-25-17-21(26)15-20(25)16-22(27)18-25/h4-13,20-21,26H,2-3,14-19H2,1H3. The van der Waals surface area contributed by atoms with Gasteiger partial charge in [0.25, 0.3) is 8.32 Å². The van der Waals surface area contributed by atoms with Gasteiger partial charge in [0.2, 0.25) is 0 Å². The Labute approximate surface area is 175 Å². The van der Waals surface area contributed by atoms with Crippen LogP contribution in [0.15, 0.2) is 60.7 Å². The van der Waals surface area contributed by atoms with Gasteiger partial charge in [-0.1, -0.05) is 80.4 Å². The van der Waals surface area contributed by atoms with Gasteiger partial charge >= 0.3 is 0 Å². The van der Waals surface area contributed by atoms with Crippen LogP contribution in [0.5, 0.6) is 0 Å². The number of unbranched alkanes of at least 4 members (excludes halogenated alkanes) is 1. The van der Waals surface area contributed by atoms with Gasteiger partial charge in [-0.05, 0) is 35.2 Å². The van der Waals surface area contributed by atoms with Crippen LogP contribution in [0.3, 0.4) is 0 Å². The summed E-state index contributed by atoms with van der Waals surface area (Å²) in [6.45, 7) is 2.81. The minimum atomic E-state index is -2.44. The first-order chi connectivity index (χ1) is 14.1. The van der Waals surface area contributed by atoms with Gasteiger partial charge in [-0.2, -0.15) is 0 Å². The number of benzene rings is 2. The molecule has 2 aromatic carbocycles. The lowest BCUT2D eigenvalue weighted by molar-refractivity contribution is -0.118. The van der Waals surface area contributed by atoms with Crippen molar-refractivity contribution in [3.63, 3.8) is 0 Å². The highest BCUT2D eigenvalue weighted by Crippen LogP contribution is 2.53. The van der Waals surface area contributed by atoms with Gasteiger partial charge in [0, 0.05) is 24.9 Å². The predicted octanol–water partition coefficient (Wildman–Crippen LogP) is 3.68. The molecule has 2 fully saturated rings. The summed E-state index contributed by atoms with van der Waals surface area (Å²) < 4.78 is 7.06. The summed E-state index contributed by atoms with van der Waals surface area (Å²) in [6.07, 6.45) is 4.57. The lowest BCUT2D eigenvalue weighted by Gasteiger charge is -2.38. The number of carbonyl (C=O) groups excluding carboxylic acids is 1. The van der Waals surface area contributed by atoms with E-state index in [2.05, 4.69) is 67.6 Å². The Morgan fingerprint density at radius 3 is 2.28 bits per heavy atom. The number of ketones is 1. The molecule has 0 aliphatic heterocycles. The summed E-state index contributed by atoms with van der Waals surface area (Å²) in [5, 5.41) is 12.9. The molecule has 2 aliphatic carbocycles. The second-order valence-corrected chi connectivity index (χ2v) is 12.6. The molecule has 4 heteroatoms. The Balaban J connectivity index is 1.71. The largest absolute Gasteiger partial charge is 0.407 e. The molecule has 29 heavy (non-hydrogen) atoms. The normalized spacial score (nSPS) is 26.6. The molecule has 2 aliphatic rings. The van der Waals surface area contributed by atoms with E-state index in [0.717, 1.165) is 25.3 Å². The third kappa shape index (κ3) is 3.98. The molecule has 4 rings (SSSR count). The smallest absolute Gasteiger partial charge is 0.255 e. The predicted molar refractivity (Wildman–Crippen MR) is 119 cm³/mol. The van der Waals surface area contributed by atoms with Gasteiger partial charge in [0.15, 0.2) is 0 Å². The topological polar surface area (TPSA) is 46.5 Å². The molecule has 0 saturated heterocycles. The van der Waals surface area contributed by atoms with Crippen LogP contribution in [0.25, 0.3) is 0 Å². The Bertz CT molecular complexity index is 783. The van der Waals surface area contributed by atoms with E-state index >= 15 is 0 Å². The molecule has 2 aromatic rings. The quantitative estimate of drug-likeness (QED) is 0.678. The van der Waals surface area contributed by atoms with Crippen molar-refractivity contribution < 1.29 is 14.3 Å². The van der Waals surface area contributed by atoms with Gasteiger partial charge in [-0.3, -0.25) is 4.79 Å². The third-order valence-corrected chi connectivity index (χ3v) is 11.3. The SMILES string of the molecule is CCCC[Si](OCC12CC(=O)CC1CC(O)C2)(c1ccccc1)c1ccccc1. The van der Waals surface area contributed by atoms with Crippen LogP contribution in [0, 0.1) is 11.3 Å². The zero-order valence-corrected chi connectivity index (χ0v) is 18.3. The molecular weight excluding hydrogens is 376 g/mol. The molecular formula is C25H32O3Si. The average molecular weight is 409 g/mol. The summed E-state index contributed by atoms with van der Waals surface area (Å²) in [6, 6.07) is 22.4.